The summed E-state index contributed by atoms with van der Waals surface area (Å²) in [5.74, 6) is 1.75. The van der Waals surface area contributed by atoms with Gasteiger partial charge in [0.25, 0.3) is 0 Å². The average molecular weight is 443 g/mol. The Morgan fingerprint density at radius 3 is 2.81 bits per heavy atom. The zero-order chi connectivity index (χ0) is 22.0. The molecule has 0 bridgehead atoms. The summed E-state index contributed by atoms with van der Waals surface area (Å²) in [5.41, 5.74) is 1.21. The van der Waals surface area contributed by atoms with Crippen LogP contribution in [0.5, 0.6) is 0 Å². The number of hydrogen-bond donors (Lipinski definition) is 1. The number of nitrogens with one attached hydrogen (secondary N) is 1. The fourth-order valence-electron chi connectivity index (χ4n) is 4.32. The van der Waals surface area contributed by atoms with Gasteiger partial charge in [-0.1, -0.05) is 35.5 Å². The number of carbonyl (C=O) groups excluding carboxylic acids is 1. The molecular formula is C24H34N4O4. The first-order valence-electron chi connectivity index (χ1n) is 11.9. The van der Waals surface area contributed by atoms with E-state index in [-0.39, 0.29) is 12.1 Å². The van der Waals surface area contributed by atoms with Gasteiger partial charge < -0.3 is 24.2 Å². The Morgan fingerprint density at radius 2 is 1.97 bits per heavy atom. The van der Waals surface area contributed by atoms with Crippen molar-refractivity contribution < 1.29 is 18.8 Å². The molecule has 3 heterocycles. The molecule has 1 atom stereocenters. The number of likely N-dealkylation sites (tertiary alicyclic amines) is 1. The predicted molar refractivity (Wildman–Crippen MR) is 119 cm³/mol. The van der Waals surface area contributed by atoms with Gasteiger partial charge >= 0.3 is 6.03 Å². The van der Waals surface area contributed by atoms with Crippen LogP contribution in [0.15, 0.2) is 34.9 Å². The van der Waals surface area contributed by atoms with E-state index in [1.807, 2.05) is 23.1 Å². The smallest absolute Gasteiger partial charge is 0.318 e. The summed E-state index contributed by atoms with van der Waals surface area (Å²) in [6, 6.07) is 9.95. The number of piperidine rings is 1. The summed E-state index contributed by atoms with van der Waals surface area (Å²) in [7, 11) is 0. The largest absolute Gasteiger partial charge is 0.381 e. The van der Waals surface area contributed by atoms with Crippen LogP contribution < -0.4 is 5.32 Å². The van der Waals surface area contributed by atoms with Crippen LogP contribution in [-0.4, -0.2) is 60.6 Å². The minimum absolute atomic E-state index is 0.0647. The molecule has 32 heavy (non-hydrogen) atoms. The van der Waals surface area contributed by atoms with Crippen LogP contribution in [0.4, 0.5) is 4.79 Å². The van der Waals surface area contributed by atoms with Crippen molar-refractivity contribution in [1.82, 2.24) is 20.4 Å². The quantitative estimate of drug-likeness (QED) is 0.598. The SMILES string of the molecule is O=C(NCCc1ccccc1)N1CCCCC1c1nc(CCOCC2CCOCC2)no1. The van der Waals surface area contributed by atoms with Crippen molar-refractivity contribution in [3.05, 3.63) is 47.6 Å². The highest BCUT2D eigenvalue weighted by atomic mass is 16.5. The van der Waals surface area contributed by atoms with Gasteiger partial charge in [0.1, 0.15) is 6.04 Å². The molecule has 2 saturated heterocycles. The van der Waals surface area contributed by atoms with Crippen LogP contribution in [0.25, 0.3) is 0 Å². The van der Waals surface area contributed by atoms with Crippen LogP contribution in [0.3, 0.4) is 0 Å². The second-order valence-corrected chi connectivity index (χ2v) is 8.60. The number of ether oxygens (including phenoxy) is 2. The molecule has 1 aromatic carbocycles. The Kier molecular flexibility index (Phi) is 8.50. The van der Waals surface area contributed by atoms with Gasteiger partial charge in [0.2, 0.25) is 5.89 Å². The molecule has 2 fully saturated rings. The van der Waals surface area contributed by atoms with Gasteiger partial charge in [0.15, 0.2) is 5.82 Å². The van der Waals surface area contributed by atoms with E-state index in [4.69, 9.17) is 14.0 Å². The molecule has 8 nitrogen and oxygen atoms in total. The van der Waals surface area contributed by atoms with Crippen molar-refractivity contribution in [3.63, 3.8) is 0 Å². The summed E-state index contributed by atoms with van der Waals surface area (Å²) in [6.07, 6.45) is 6.43. The minimum Gasteiger partial charge on any atom is -0.381 e. The molecule has 0 radical (unpaired) electrons. The van der Waals surface area contributed by atoms with Crippen molar-refractivity contribution in [2.45, 2.75) is 51.0 Å². The van der Waals surface area contributed by atoms with Crippen LogP contribution in [0.1, 0.15) is 55.4 Å². The number of rotatable bonds is 9. The Morgan fingerprint density at radius 1 is 1.12 bits per heavy atom. The predicted octanol–water partition coefficient (Wildman–Crippen LogP) is 3.53. The molecule has 2 aliphatic rings. The van der Waals surface area contributed by atoms with Crippen molar-refractivity contribution >= 4 is 6.03 Å². The van der Waals surface area contributed by atoms with Crippen LogP contribution >= 0.6 is 0 Å². The molecule has 1 N–H and O–H groups in total. The van der Waals surface area contributed by atoms with Gasteiger partial charge in [-0.05, 0) is 50.0 Å². The van der Waals surface area contributed by atoms with E-state index in [0.29, 0.717) is 43.8 Å². The Bertz CT molecular complexity index is 822. The Hall–Kier alpha value is -2.45. The van der Waals surface area contributed by atoms with E-state index >= 15 is 0 Å². The first kappa shape index (κ1) is 22.7. The molecule has 0 saturated carbocycles. The Labute approximate surface area is 189 Å². The van der Waals surface area contributed by atoms with Crippen molar-refractivity contribution in [2.75, 3.05) is 39.5 Å². The van der Waals surface area contributed by atoms with Crippen molar-refractivity contribution in [2.24, 2.45) is 5.92 Å². The molecule has 2 aliphatic heterocycles. The monoisotopic (exact) mass is 442 g/mol. The van der Waals surface area contributed by atoms with E-state index in [2.05, 4.69) is 27.6 Å². The number of nitrogens with zero attached hydrogens (tertiary/aromatic N) is 3. The third-order valence-corrected chi connectivity index (χ3v) is 6.23. The summed E-state index contributed by atoms with van der Waals surface area (Å²) in [5, 5.41) is 7.18. The minimum atomic E-state index is -0.162. The summed E-state index contributed by atoms with van der Waals surface area (Å²) < 4.78 is 16.8. The summed E-state index contributed by atoms with van der Waals surface area (Å²) in [4.78, 5) is 19.3. The molecule has 1 aromatic heterocycles. The maximum atomic E-state index is 12.8. The van der Waals surface area contributed by atoms with Crippen LogP contribution in [-0.2, 0) is 22.3 Å². The lowest BCUT2D eigenvalue weighted by Crippen LogP contribution is -2.45. The topological polar surface area (TPSA) is 89.7 Å². The number of aromatic nitrogens is 2. The molecule has 0 spiro atoms. The number of hydrogen-bond acceptors (Lipinski definition) is 6. The number of amides is 2. The third-order valence-electron chi connectivity index (χ3n) is 6.23. The molecule has 0 aliphatic carbocycles. The first-order chi connectivity index (χ1) is 15.8. The maximum absolute atomic E-state index is 12.8. The van der Waals surface area contributed by atoms with Gasteiger partial charge in [-0.15, -0.1) is 0 Å². The van der Waals surface area contributed by atoms with E-state index in [0.717, 1.165) is 58.3 Å². The zero-order valence-corrected chi connectivity index (χ0v) is 18.7. The van der Waals surface area contributed by atoms with Gasteiger partial charge in [-0.3, -0.25) is 0 Å². The van der Waals surface area contributed by atoms with Crippen molar-refractivity contribution in [1.29, 1.82) is 0 Å². The normalized spacial score (nSPS) is 19.8. The summed E-state index contributed by atoms with van der Waals surface area (Å²) in [6.45, 7) is 4.30. The van der Waals surface area contributed by atoms with Crippen LogP contribution in [0.2, 0.25) is 0 Å². The summed E-state index contributed by atoms with van der Waals surface area (Å²) >= 11 is 0. The molecule has 2 amide bonds. The zero-order valence-electron chi connectivity index (χ0n) is 18.7. The highest BCUT2D eigenvalue weighted by Crippen LogP contribution is 2.30. The first-order valence-corrected chi connectivity index (χ1v) is 11.9. The molecular weight excluding hydrogens is 408 g/mol. The number of carbonyl (C=O) groups is 1. The highest BCUT2D eigenvalue weighted by Gasteiger charge is 2.32. The fraction of sp³-hybridized carbons (Fsp3) is 0.625. The van der Waals surface area contributed by atoms with E-state index in [1.165, 1.54) is 5.56 Å². The second kappa shape index (κ2) is 12.0. The molecule has 2 aromatic rings. The van der Waals surface area contributed by atoms with Crippen molar-refractivity contribution in [3.8, 4) is 0 Å². The fourth-order valence-corrected chi connectivity index (χ4v) is 4.32. The standard InChI is InChI=1S/C24H34N4O4/c29-24(25-13-9-19-6-2-1-3-7-19)28-14-5-4-8-21(28)23-26-22(27-32-23)12-17-31-18-20-10-15-30-16-11-20/h1-3,6-7,20-21H,4-5,8-18H2,(H,25,29). The second-order valence-electron chi connectivity index (χ2n) is 8.60. The number of urea groups is 1. The number of benzene rings is 1. The Balaban J connectivity index is 1.24. The van der Waals surface area contributed by atoms with E-state index < -0.39 is 0 Å². The van der Waals surface area contributed by atoms with Gasteiger partial charge in [0.05, 0.1) is 6.61 Å². The molecule has 174 valence electrons. The average Bonchev–Trinajstić information content (AvgIpc) is 3.32. The lowest BCUT2D eigenvalue weighted by molar-refractivity contribution is 0.0211. The highest BCUT2D eigenvalue weighted by molar-refractivity contribution is 5.74. The van der Waals surface area contributed by atoms with Gasteiger partial charge in [-0.2, -0.15) is 4.98 Å². The maximum Gasteiger partial charge on any atom is 0.318 e. The van der Waals surface area contributed by atoms with Gasteiger partial charge in [0, 0.05) is 39.3 Å². The molecule has 4 rings (SSSR count). The molecule has 1 unspecified atom stereocenters. The lowest BCUT2D eigenvalue weighted by atomic mass is 10.0. The molecule has 8 heteroatoms. The lowest BCUT2D eigenvalue weighted by Gasteiger charge is -2.33. The van der Waals surface area contributed by atoms with E-state index in [9.17, 15) is 4.79 Å². The van der Waals surface area contributed by atoms with Gasteiger partial charge in [-0.25, -0.2) is 4.79 Å². The van der Waals surface area contributed by atoms with Crippen LogP contribution in [0, 0.1) is 5.92 Å². The third kappa shape index (κ3) is 6.53. The van der Waals surface area contributed by atoms with E-state index in [1.54, 1.807) is 0 Å².